The van der Waals surface area contributed by atoms with Crippen molar-refractivity contribution in [2.45, 2.75) is 40.7 Å². The molecule has 1 aromatic heterocycles. The first-order valence-corrected chi connectivity index (χ1v) is 6.34. The van der Waals surface area contributed by atoms with Crippen molar-refractivity contribution in [3.05, 3.63) is 46.0 Å². The quantitative estimate of drug-likeness (QED) is 0.901. The average Bonchev–Trinajstić information content (AvgIpc) is 2.59. The zero-order valence-electron chi connectivity index (χ0n) is 12.0. The number of aromatic nitrogens is 2. The van der Waals surface area contributed by atoms with Crippen LogP contribution in [0.4, 0.5) is 4.39 Å². The van der Waals surface area contributed by atoms with E-state index in [1.807, 2.05) is 20.8 Å². The normalized spacial score (nSPS) is 12.8. The van der Waals surface area contributed by atoms with Crippen molar-refractivity contribution in [1.29, 1.82) is 0 Å². The molecule has 0 aliphatic carbocycles. The number of aliphatic hydroxyl groups excluding tert-OH is 1. The molecule has 102 valence electrons. The molecule has 3 nitrogen and oxygen atoms in total. The minimum atomic E-state index is -0.741. The van der Waals surface area contributed by atoms with Gasteiger partial charge >= 0.3 is 0 Å². The second kappa shape index (κ2) is 4.78. The van der Waals surface area contributed by atoms with Gasteiger partial charge in [-0.05, 0) is 57.9 Å². The lowest BCUT2D eigenvalue weighted by atomic mass is 10.0. The molecule has 0 radical (unpaired) electrons. The topological polar surface area (TPSA) is 38.0 Å². The number of aryl methyl sites for hydroxylation is 2. The number of hydrogen-bond acceptors (Lipinski definition) is 2. The maximum absolute atomic E-state index is 13.7. The SMILES string of the molecule is Cc1cc(-n2nc(C)c(C)c2C)c([C@H](C)O)cc1F. The van der Waals surface area contributed by atoms with Crippen LogP contribution >= 0.6 is 0 Å². The van der Waals surface area contributed by atoms with Crippen LogP contribution in [-0.4, -0.2) is 14.9 Å². The largest absolute Gasteiger partial charge is 0.389 e. The highest BCUT2D eigenvalue weighted by atomic mass is 19.1. The van der Waals surface area contributed by atoms with Gasteiger partial charge in [-0.3, -0.25) is 0 Å². The summed E-state index contributed by atoms with van der Waals surface area (Å²) in [6.07, 6.45) is -0.741. The molecule has 0 amide bonds. The van der Waals surface area contributed by atoms with Crippen molar-refractivity contribution in [1.82, 2.24) is 9.78 Å². The first-order chi connectivity index (χ1) is 8.82. The van der Waals surface area contributed by atoms with Crippen molar-refractivity contribution < 1.29 is 9.50 Å². The van der Waals surface area contributed by atoms with Crippen molar-refractivity contribution in [2.24, 2.45) is 0 Å². The molecule has 1 atom stereocenters. The van der Waals surface area contributed by atoms with Gasteiger partial charge in [0.2, 0.25) is 0 Å². The third kappa shape index (κ3) is 2.28. The molecule has 0 aliphatic rings. The molecule has 2 aromatic rings. The van der Waals surface area contributed by atoms with Gasteiger partial charge in [0.25, 0.3) is 0 Å². The van der Waals surface area contributed by atoms with Crippen LogP contribution in [0.3, 0.4) is 0 Å². The molecule has 0 saturated heterocycles. The Kier molecular flexibility index (Phi) is 3.45. The first kappa shape index (κ1) is 13.7. The van der Waals surface area contributed by atoms with Gasteiger partial charge < -0.3 is 5.11 Å². The lowest BCUT2D eigenvalue weighted by Crippen LogP contribution is -2.07. The molecular weight excluding hydrogens is 243 g/mol. The number of rotatable bonds is 2. The molecule has 1 heterocycles. The molecule has 1 N–H and O–H groups in total. The summed E-state index contributed by atoms with van der Waals surface area (Å²) in [5, 5.41) is 14.3. The van der Waals surface area contributed by atoms with Gasteiger partial charge in [-0.25, -0.2) is 9.07 Å². The van der Waals surface area contributed by atoms with Gasteiger partial charge in [-0.15, -0.1) is 0 Å². The zero-order chi connectivity index (χ0) is 14.3. The zero-order valence-corrected chi connectivity index (χ0v) is 12.0. The molecule has 2 rings (SSSR count). The summed E-state index contributed by atoms with van der Waals surface area (Å²) in [5.41, 5.74) is 4.89. The monoisotopic (exact) mass is 262 g/mol. The molecule has 0 aliphatic heterocycles. The van der Waals surface area contributed by atoms with Crippen molar-refractivity contribution in [2.75, 3.05) is 0 Å². The summed E-state index contributed by atoms with van der Waals surface area (Å²) in [6, 6.07) is 3.12. The predicted molar refractivity (Wildman–Crippen MR) is 73.1 cm³/mol. The maximum Gasteiger partial charge on any atom is 0.126 e. The van der Waals surface area contributed by atoms with E-state index in [1.165, 1.54) is 6.07 Å². The van der Waals surface area contributed by atoms with Gasteiger partial charge in [0.05, 0.1) is 17.5 Å². The summed E-state index contributed by atoms with van der Waals surface area (Å²) < 4.78 is 15.5. The lowest BCUT2D eigenvalue weighted by Gasteiger charge is -2.15. The summed E-state index contributed by atoms with van der Waals surface area (Å²) in [6.45, 7) is 9.26. The molecule has 0 saturated carbocycles. The highest BCUT2D eigenvalue weighted by Crippen LogP contribution is 2.27. The van der Waals surface area contributed by atoms with Crippen LogP contribution in [0.25, 0.3) is 5.69 Å². The number of halogens is 1. The number of hydrogen-bond donors (Lipinski definition) is 1. The van der Waals surface area contributed by atoms with Gasteiger partial charge in [0.1, 0.15) is 5.82 Å². The molecule has 1 aromatic carbocycles. The van der Waals surface area contributed by atoms with Crippen LogP contribution < -0.4 is 0 Å². The third-order valence-electron chi connectivity index (χ3n) is 3.64. The minimum Gasteiger partial charge on any atom is -0.389 e. The van der Waals surface area contributed by atoms with E-state index in [4.69, 9.17) is 0 Å². The minimum absolute atomic E-state index is 0.307. The summed E-state index contributed by atoms with van der Waals surface area (Å²) in [7, 11) is 0. The van der Waals surface area contributed by atoms with Crippen LogP contribution in [0.15, 0.2) is 12.1 Å². The van der Waals surface area contributed by atoms with E-state index in [0.717, 1.165) is 22.6 Å². The Morgan fingerprint density at radius 1 is 1.21 bits per heavy atom. The van der Waals surface area contributed by atoms with E-state index >= 15 is 0 Å². The van der Waals surface area contributed by atoms with E-state index < -0.39 is 6.10 Å². The van der Waals surface area contributed by atoms with Crippen LogP contribution in [0.2, 0.25) is 0 Å². The highest BCUT2D eigenvalue weighted by Gasteiger charge is 2.17. The average molecular weight is 262 g/mol. The summed E-state index contributed by atoms with van der Waals surface area (Å²) >= 11 is 0. The lowest BCUT2D eigenvalue weighted by molar-refractivity contribution is 0.198. The molecule has 4 heteroatoms. The Bertz CT molecular complexity index is 630. The van der Waals surface area contributed by atoms with Crippen molar-refractivity contribution in [3.8, 4) is 5.69 Å². The van der Waals surface area contributed by atoms with Gasteiger partial charge in [-0.1, -0.05) is 0 Å². The Morgan fingerprint density at radius 2 is 1.84 bits per heavy atom. The highest BCUT2D eigenvalue weighted by molar-refractivity contribution is 5.47. The molecule has 0 unspecified atom stereocenters. The van der Waals surface area contributed by atoms with Crippen LogP contribution in [0.1, 0.15) is 41.1 Å². The van der Waals surface area contributed by atoms with Crippen LogP contribution in [0.5, 0.6) is 0 Å². The van der Waals surface area contributed by atoms with E-state index in [0.29, 0.717) is 11.1 Å². The van der Waals surface area contributed by atoms with Crippen molar-refractivity contribution >= 4 is 0 Å². The fraction of sp³-hybridized carbons (Fsp3) is 0.400. The first-order valence-electron chi connectivity index (χ1n) is 6.34. The summed E-state index contributed by atoms with van der Waals surface area (Å²) in [5.74, 6) is -0.307. The third-order valence-corrected chi connectivity index (χ3v) is 3.64. The Morgan fingerprint density at radius 3 is 2.32 bits per heavy atom. The predicted octanol–water partition coefficient (Wildman–Crippen LogP) is 3.30. The fourth-order valence-corrected chi connectivity index (χ4v) is 2.15. The van der Waals surface area contributed by atoms with Gasteiger partial charge in [0.15, 0.2) is 0 Å². The number of benzene rings is 1. The smallest absolute Gasteiger partial charge is 0.126 e. The van der Waals surface area contributed by atoms with Crippen LogP contribution in [-0.2, 0) is 0 Å². The standard InChI is InChI=1S/C15H19FN2O/c1-8-6-15(13(12(5)19)7-14(8)16)18-11(4)9(2)10(3)17-18/h6-7,12,19H,1-5H3/t12-/m0/s1. The number of nitrogens with zero attached hydrogens (tertiary/aromatic N) is 2. The summed E-state index contributed by atoms with van der Waals surface area (Å²) in [4.78, 5) is 0. The van der Waals surface area contributed by atoms with Gasteiger partial charge in [-0.2, -0.15) is 5.10 Å². The fourth-order valence-electron chi connectivity index (χ4n) is 2.15. The molecular formula is C15H19FN2O. The Balaban J connectivity index is 2.73. The Hall–Kier alpha value is -1.68. The van der Waals surface area contributed by atoms with Crippen molar-refractivity contribution in [3.63, 3.8) is 0 Å². The Labute approximate surface area is 112 Å². The van der Waals surface area contributed by atoms with E-state index in [-0.39, 0.29) is 5.82 Å². The van der Waals surface area contributed by atoms with E-state index in [9.17, 15) is 9.50 Å². The second-order valence-corrected chi connectivity index (χ2v) is 5.04. The molecule has 0 fully saturated rings. The van der Waals surface area contributed by atoms with Crippen LogP contribution in [0, 0.1) is 33.5 Å². The molecule has 19 heavy (non-hydrogen) atoms. The molecule has 0 spiro atoms. The van der Waals surface area contributed by atoms with E-state index in [1.54, 1.807) is 24.6 Å². The maximum atomic E-state index is 13.7. The number of aliphatic hydroxyl groups is 1. The second-order valence-electron chi connectivity index (χ2n) is 5.04. The van der Waals surface area contributed by atoms with Gasteiger partial charge in [0, 0.05) is 11.3 Å². The molecule has 0 bridgehead atoms. The van der Waals surface area contributed by atoms with E-state index in [2.05, 4.69) is 5.10 Å².